The molecule has 30 heavy (non-hydrogen) atoms. The molecule has 152 valence electrons. The molecule has 9 heteroatoms. The molecule has 0 aliphatic carbocycles. The van der Waals surface area contributed by atoms with Crippen molar-refractivity contribution in [3.63, 3.8) is 0 Å². The van der Waals surface area contributed by atoms with Crippen LogP contribution in [-0.2, 0) is 4.84 Å². The Morgan fingerprint density at radius 1 is 0.933 bits per heavy atom. The van der Waals surface area contributed by atoms with Gasteiger partial charge in [-0.1, -0.05) is 12.1 Å². The number of para-hydroxylation sites is 1. The molecule has 0 atom stereocenters. The largest absolute Gasteiger partial charge is 0.508 e. The zero-order valence-electron chi connectivity index (χ0n) is 15.8. The molecule has 0 aliphatic heterocycles. The van der Waals surface area contributed by atoms with Gasteiger partial charge in [-0.25, -0.2) is 10.3 Å². The number of nitrogens with one attached hydrogen (secondary N) is 1. The third-order valence-corrected chi connectivity index (χ3v) is 3.86. The summed E-state index contributed by atoms with van der Waals surface area (Å²) in [6.07, 6.45) is 0. The number of methoxy groups -OCH3 is 1. The summed E-state index contributed by atoms with van der Waals surface area (Å²) in [4.78, 5) is 29.2. The van der Waals surface area contributed by atoms with E-state index in [1.165, 1.54) is 19.2 Å². The Morgan fingerprint density at radius 2 is 1.60 bits per heavy atom. The van der Waals surface area contributed by atoms with Crippen molar-refractivity contribution in [2.24, 2.45) is 10.2 Å². The van der Waals surface area contributed by atoms with Crippen molar-refractivity contribution in [1.29, 1.82) is 0 Å². The molecule has 0 radical (unpaired) electrons. The summed E-state index contributed by atoms with van der Waals surface area (Å²) in [7, 11) is 1.46. The number of nitrogens with zero attached hydrogens (tertiary/aromatic N) is 2. The molecule has 0 heterocycles. The first kappa shape index (κ1) is 20.3. The van der Waals surface area contributed by atoms with Crippen molar-refractivity contribution in [3.8, 4) is 17.2 Å². The van der Waals surface area contributed by atoms with Crippen LogP contribution < -0.4 is 10.2 Å². The fourth-order valence-electron chi connectivity index (χ4n) is 2.45. The number of hydrogen-bond acceptors (Lipinski definition) is 8. The number of amides is 1. The van der Waals surface area contributed by atoms with Crippen molar-refractivity contribution < 1.29 is 29.4 Å². The van der Waals surface area contributed by atoms with E-state index in [0.717, 1.165) is 6.07 Å². The Morgan fingerprint density at radius 3 is 2.27 bits per heavy atom. The maximum absolute atomic E-state index is 12.2. The highest BCUT2D eigenvalue weighted by molar-refractivity contribution is 5.95. The third-order valence-electron chi connectivity index (χ3n) is 3.86. The Labute approximate surface area is 171 Å². The van der Waals surface area contributed by atoms with Gasteiger partial charge in [0, 0.05) is 6.07 Å². The Balaban J connectivity index is 1.60. The second kappa shape index (κ2) is 9.20. The fraction of sp³-hybridized carbons (Fsp3) is 0.0476. The molecular weight excluding hydrogens is 390 g/mol. The van der Waals surface area contributed by atoms with Crippen LogP contribution in [0.4, 0.5) is 11.4 Å². The quantitative estimate of drug-likeness (QED) is 0.412. The molecule has 0 unspecified atom stereocenters. The normalized spacial score (nSPS) is 10.6. The lowest BCUT2D eigenvalue weighted by molar-refractivity contribution is 0.0592. The van der Waals surface area contributed by atoms with Gasteiger partial charge in [-0.3, -0.25) is 4.79 Å². The summed E-state index contributed by atoms with van der Waals surface area (Å²) in [5.74, 6) is -1.46. The highest BCUT2D eigenvalue weighted by Gasteiger charge is 2.13. The van der Waals surface area contributed by atoms with Gasteiger partial charge in [-0.2, -0.15) is 0 Å². The van der Waals surface area contributed by atoms with Gasteiger partial charge in [0.25, 0.3) is 5.91 Å². The first-order valence-corrected chi connectivity index (χ1v) is 8.65. The van der Waals surface area contributed by atoms with Gasteiger partial charge in [0.05, 0.1) is 24.0 Å². The zero-order valence-corrected chi connectivity index (χ0v) is 15.8. The minimum absolute atomic E-state index is 0.00205. The van der Waals surface area contributed by atoms with Crippen LogP contribution in [-0.4, -0.2) is 29.2 Å². The molecule has 0 aliphatic rings. The van der Waals surface area contributed by atoms with Crippen molar-refractivity contribution in [1.82, 2.24) is 0 Å². The lowest BCUT2D eigenvalue weighted by Crippen LogP contribution is -2.11. The van der Waals surface area contributed by atoms with Crippen LogP contribution in [0.5, 0.6) is 17.2 Å². The predicted molar refractivity (Wildman–Crippen MR) is 107 cm³/mol. The van der Waals surface area contributed by atoms with E-state index in [9.17, 15) is 19.8 Å². The molecule has 0 aromatic heterocycles. The summed E-state index contributed by atoms with van der Waals surface area (Å²) < 4.78 is 5.12. The fourth-order valence-corrected chi connectivity index (χ4v) is 2.45. The Bertz CT molecular complexity index is 1080. The number of benzene rings is 3. The molecule has 0 fully saturated rings. The van der Waals surface area contributed by atoms with Crippen molar-refractivity contribution in [3.05, 3.63) is 77.9 Å². The smallest absolute Gasteiger partial charge is 0.366 e. The number of azo groups is 1. The van der Waals surface area contributed by atoms with E-state index in [4.69, 9.17) is 9.57 Å². The summed E-state index contributed by atoms with van der Waals surface area (Å²) in [5, 5.41) is 26.2. The average molecular weight is 407 g/mol. The summed E-state index contributed by atoms with van der Waals surface area (Å²) in [6, 6.07) is 16.4. The van der Waals surface area contributed by atoms with Crippen LogP contribution in [0.25, 0.3) is 0 Å². The van der Waals surface area contributed by atoms with E-state index in [2.05, 4.69) is 15.7 Å². The van der Waals surface area contributed by atoms with Crippen LogP contribution in [0.2, 0.25) is 0 Å². The Kier molecular flexibility index (Phi) is 6.23. The minimum Gasteiger partial charge on any atom is -0.508 e. The van der Waals surface area contributed by atoms with E-state index in [1.807, 2.05) is 0 Å². The predicted octanol–water partition coefficient (Wildman–Crippen LogP) is 4.21. The van der Waals surface area contributed by atoms with Crippen LogP contribution in [0.3, 0.4) is 0 Å². The van der Waals surface area contributed by atoms with Crippen LogP contribution in [0.1, 0.15) is 20.7 Å². The standard InChI is InChI=1S/C21H17N3O6/c1-29-19-5-3-2-4-18(19)21(28)30-24-15-8-6-14(7-9-15)22-23-20(27)13-10-16(25)12-17(26)11-13/h2-12,24-26H,1H3. The van der Waals surface area contributed by atoms with E-state index in [1.54, 1.807) is 48.5 Å². The number of carbonyl (C=O) groups excluding carboxylic acids is 2. The molecule has 0 saturated carbocycles. The van der Waals surface area contributed by atoms with Gasteiger partial charge in [-0.15, -0.1) is 10.2 Å². The number of rotatable bonds is 6. The molecule has 0 bridgehead atoms. The van der Waals surface area contributed by atoms with Crippen molar-refractivity contribution >= 4 is 23.3 Å². The number of hydrogen-bond donors (Lipinski definition) is 3. The first-order chi connectivity index (χ1) is 14.5. The lowest BCUT2D eigenvalue weighted by atomic mass is 10.2. The minimum atomic E-state index is -0.728. The lowest BCUT2D eigenvalue weighted by Gasteiger charge is -2.09. The SMILES string of the molecule is COc1ccccc1C(=O)ONc1ccc(N=NC(=O)c2cc(O)cc(O)c2)cc1. The maximum atomic E-state index is 12.2. The van der Waals surface area contributed by atoms with Crippen molar-refractivity contribution in [2.45, 2.75) is 0 Å². The van der Waals surface area contributed by atoms with Crippen LogP contribution in [0, 0.1) is 0 Å². The number of ether oxygens (including phenoxy) is 1. The third kappa shape index (κ3) is 5.10. The van der Waals surface area contributed by atoms with Crippen LogP contribution in [0.15, 0.2) is 77.0 Å². The number of carbonyl (C=O) groups is 2. The number of anilines is 1. The maximum Gasteiger partial charge on any atom is 0.366 e. The molecule has 3 aromatic carbocycles. The summed E-state index contributed by atoms with van der Waals surface area (Å²) >= 11 is 0. The van der Waals surface area contributed by atoms with Gasteiger partial charge in [-0.05, 0) is 48.5 Å². The molecule has 3 aromatic rings. The van der Waals surface area contributed by atoms with Gasteiger partial charge in [0.1, 0.15) is 22.8 Å². The molecular formula is C21H17N3O6. The topological polar surface area (TPSA) is 130 Å². The number of phenols is 2. The molecule has 0 saturated heterocycles. The number of aromatic hydroxyl groups is 2. The monoisotopic (exact) mass is 407 g/mol. The van der Waals surface area contributed by atoms with Gasteiger partial charge in [0.15, 0.2) is 0 Å². The van der Waals surface area contributed by atoms with E-state index < -0.39 is 11.9 Å². The molecule has 3 rings (SSSR count). The number of phenolic OH excluding ortho intramolecular Hbond substituents is 2. The van der Waals surface area contributed by atoms with Gasteiger partial charge in [0.2, 0.25) is 0 Å². The van der Waals surface area contributed by atoms with Crippen LogP contribution >= 0.6 is 0 Å². The Hall–Kier alpha value is -4.40. The van der Waals surface area contributed by atoms with Gasteiger partial charge >= 0.3 is 5.97 Å². The van der Waals surface area contributed by atoms with E-state index in [-0.39, 0.29) is 22.6 Å². The average Bonchev–Trinajstić information content (AvgIpc) is 2.75. The zero-order chi connectivity index (χ0) is 21.5. The van der Waals surface area contributed by atoms with Crippen molar-refractivity contribution in [2.75, 3.05) is 12.6 Å². The van der Waals surface area contributed by atoms with Gasteiger partial charge < -0.3 is 19.8 Å². The van der Waals surface area contributed by atoms with E-state index >= 15 is 0 Å². The molecule has 1 amide bonds. The molecule has 3 N–H and O–H groups in total. The summed E-state index contributed by atoms with van der Waals surface area (Å²) in [5.41, 5.74) is 3.64. The molecule has 0 spiro atoms. The first-order valence-electron chi connectivity index (χ1n) is 8.65. The highest BCUT2D eigenvalue weighted by atomic mass is 16.7. The molecule has 9 nitrogen and oxygen atoms in total. The highest BCUT2D eigenvalue weighted by Crippen LogP contribution is 2.23. The van der Waals surface area contributed by atoms with E-state index in [0.29, 0.717) is 17.1 Å². The summed E-state index contributed by atoms with van der Waals surface area (Å²) in [6.45, 7) is 0. The second-order valence-electron chi connectivity index (χ2n) is 5.98. The second-order valence-corrected chi connectivity index (χ2v) is 5.98.